The van der Waals surface area contributed by atoms with E-state index in [2.05, 4.69) is 4.72 Å². The maximum absolute atomic E-state index is 12.1. The van der Waals surface area contributed by atoms with Crippen LogP contribution in [-0.2, 0) is 15.8 Å². The first-order valence-electron chi connectivity index (χ1n) is 6.99. The quantitative estimate of drug-likeness (QED) is 0.906. The zero-order valence-electron chi connectivity index (χ0n) is 11.7. The lowest BCUT2D eigenvalue weighted by Crippen LogP contribution is -2.37. The van der Waals surface area contributed by atoms with Gasteiger partial charge in [0.2, 0.25) is 10.0 Å². The summed E-state index contributed by atoms with van der Waals surface area (Å²) in [6.45, 7) is 1.95. The van der Waals surface area contributed by atoms with Crippen LogP contribution in [0.1, 0.15) is 43.7 Å². The summed E-state index contributed by atoms with van der Waals surface area (Å²) in [6, 6.07) is 8.70. The predicted molar refractivity (Wildman–Crippen MR) is 78.3 cm³/mol. The molecule has 108 valence electrons. The number of hydrogen-bond donors (Lipinski definition) is 1. The molecule has 5 heteroatoms. The Hall–Kier alpha value is -1.38. The van der Waals surface area contributed by atoms with E-state index in [1.807, 2.05) is 13.0 Å². The van der Waals surface area contributed by atoms with Crippen molar-refractivity contribution in [2.24, 2.45) is 5.92 Å². The Labute approximate surface area is 120 Å². The van der Waals surface area contributed by atoms with Crippen LogP contribution in [0.15, 0.2) is 24.3 Å². The summed E-state index contributed by atoms with van der Waals surface area (Å²) < 4.78 is 27.1. The molecule has 1 atom stereocenters. The van der Waals surface area contributed by atoms with Gasteiger partial charge in [-0.25, -0.2) is 13.1 Å². The fourth-order valence-corrected chi connectivity index (χ4v) is 4.25. The standard InChI is InChI=1S/C15H20N2O2S/c1-12(15-4-2-3-5-15)17-20(18,19)11-14-8-6-13(10-16)7-9-14/h6-9,12,15,17H,2-5,11H2,1H3. The topological polar surface area (TPSA) is 70.0 Å². The molecule has 0 aromatic heterocycles. The number of hydrogen-bond acceptors (Lipinski definition) is 3. The number of nitrogens with one attached hydrogen (secondary N) is 1. The molecule has 1 unspecified atom stereocenters. The van der Waals surface area contributed by atoms with Crippen molar-refractivity contribution in [3.63, 3.8) is 0 Å². The van der Waals surface area contributed by atoms with Gasteiger partial charge in [-0.2, -0.15) is 5.26 Å². The van der Waals surface area contributed by atoms with Gasteiger partial charge in [-0.15, -0.1) is 0 Å². The first kappa shape index (κ1) is 15.0. The molecule has 1 aliphatic rings. The van der Waals surface area contributed by atoms with Gasteiger partial charge < -0.3 is 0 Å². The van der Waals surface area contributed by atoms with Crippen molar-refractivity contribution in [2.45, 2.75) is 44.4 Å². The van der Waals surface area contributed by atoms with Crippen molar-refractivity contribution in [1.82, 2.24) is 4.72 Å². The van der Waals surface area contributed by atoms with Crippen LogP contribution in [0.3, 0.4) is 0 Å². The molecule has 0 saturated heterocycles. The fourth-order valence-electron chi connectivity index (χ4n) is 2.77. The minimum absolute atomic E-state index is 0.000816. The lowest BCUT2D eigenvalue weighted by molar-refractivity contribution is 0.424. The predicted octanol–water partition coefficient (Wildman–Crippen LogP) is 2.56. The first-order chi connectivity index (χ1) is 9.50. The second kappa shape index (κ2) is 6.38. The van der Waals surface area contributed by atoms with Crippen molar-refractivity contribution in [2.75, 3.05) is 0 Å². The monoisotopic (exact) mass is 292 g/mol. The number of sulfonamides is 1. The van der Waals surface area contributed by atoms with Gasteiger partial charge in [0.05, 0.1) is 17.4 Å². The van der Waals surface area contributed by atoms with Crippen LogP contribution in [0.4, 0.5) is 0 Å². The molecule has 1 aromatic rings. The van der Waals surface area contributed by atoms with Crippen LogP contribution in [0.5, 0.6) is 0 Å². The molecule has 20 heavy (non-hydrogen) atoms. The van der Waals surface area contributed by atoms with E-state index in [1.54, 1.807) is 24.3 Å². The Kier molecular flexibility index (Phi) is 4.79. The largest absolute Gasteiger partial charge is 0.216 e. The molecule has 0 bridgehead atoms. The Balaban J connectivity index is 1.97. The van der Waals surface area contributed by atoms with Gasteiger partial charge in [-0.1, -0.05) is 25.0 Å². The summed E-state index contributed by atoms with van der Waals surface area (Å²) in [7, 11) is -3.32. The smallest absolute Gasteiger partial charge is 0.212 e. The summed E-state index contributed by atoms with van der Waals surface area (Å²) >= 11 is 0. The Morgan fingerprint density at radius 3 is 2.45 bits per heavy atom. The Bertz CT molecular complexity index is 581. The highest BCUT2D eigenvalue weighted by atomic mass is 32.2. The maximum Gasteiger partial charge on any atom is 0.216 e. The molecule has 2 rings (SSSR count). The molecular weight excluding hydrogens is 272 g/mol. The minimum atomic E-state index is -3.32. The molecule has 1 aromatic carbocycles. The van der Waals surface area contributed by atoms with E-state index in [1.165, 1.54) is 12.8 Å². The zero-order valence-corrected chi connectivity index (χ0v) is 12.5. The van der Waals surface area contributed by atoms with E-state index in [4.69, 9.17) is 5.26 Å². The van der Waals surface area contributed by atoms with Gasteiger partial charge in [0.1, 0.15) is 0 Å². The molecule has 0 heterocycles. The van der Waals surface area contributed by atoms with Crippen molar-refractivity contribution >= 4 is 10.0 Å². The third-order valence-electron chi connectivity index (χ3n) is 3.91. The molecule has 0 aliphatic heterocycles. The third kappa shape index (κ3) is 4.06. The fraction of sp³-hybridized carbons (Fsp3) is 0.533. The van der Waals surface area contributed by atoms with Gasteiger partial charge in [-0.05, 0) is 43.4 Å². The number of benzene rings is 1. The van der Waals surface area contributed by atoms with E-state index < -0.39 is 10.0 Å². The highest BCUT2D eigenvalue weighted by Crippen LogP contribution is 2.27. The maximum atomic E-state index is 12.1. The van der Waals surface area contributed by atoms with Gasteiger partial charge in [0.15, 0.2) is 0 Å². The highest BCUT2D eigenvalue weighted by Gasteiger charge is 2.25. The van der Waals surface area contributed by atoms with Gasteiger partial charge in [-0.3, -0.25) is 0 Å². The normalized spacial score (nSPS) is 17.8. The van der Waals surface area contributed by atoms with Crippen molar-refractivity contribution in [3.05, 3.63) is 35.4 Å². The molecule has 1 aliphatic carbocycles. The third-order valence-corrected chi connectivity index (χ3v) is 5.36. The molecule has 1 fully saturated rings. The number of rotatable bonds is 5. The van der Waals surface area contributed by atoms with Crippen molar-refractivity contribution in [1.29, 1.82) is 5.26 Å². The molecule has 1 saturated carbocycles. The molecular formula is C15H20N2O2S. The van der Waals surface area contributed by atoms with Crippen LogP contribution < -0.4 is 4.72 Å². The molecule has 4 nitrogen and oxygen atoms in total. The van der Waals surface area contributed by atoms with E-state index in [0.29, 0.717) is 17.0 Å². The zero-order chi connectivity index (χ0) is 14.6. The average molecular weight is 292 g/mol. The number of nitrogens with zero attached hydrogens (tertiary/aromatic N) is 1. The average Bonchev–Trinajstić information content (AvgIpc) is 2.92. The SMILES string of the molecule is CC(NS(=O)(=O)Cc1ccc(C#N)cc1)C1CCCC1. The van der Waals surface area contributed by atoms with Gasteiger partial charge in [0, 0.05) is 6.04 Å². The van der Waals surface area contributed by atoms with Crippen LogP contribution >= 0.6 is 0 Å². The Morgan fingerprint density at radius 2 is 1.90 bits per heavy atom. The van der Waals surface area contributed by atoms with Crippen LogP contribution in [0.2, 0.25) is 0 Å². The number of nitriles is 1. The summed E-state index contributed by atoms with van der Waals surface area (Å²) in [4.78, 5) is 0. The lowest BCUT2D eigenvalue weighted by atomic mass is 10.0. The summed E-state index contributed by atoms with van der Waals surface area (Å²) in [5.74, 6) is 0.432. The van der Waals surface area contributed by atoms with Crippen molar-refractivity contribution in [3.8, 4) is 6.07 Å². The Morgan fingerprint density at radius 1 is 1.30 bits per heavy atom. The minimum Gasteiger partial charge on any atom is -0.212 e. The van der Waals surface area contributed by atoms with Gasteiger partial charge in [0.25, 0.3) is 0 Å². The van der Waals surface area contributed by atoms with Crippen LogP contribution in [0.25, 0.3) is 0 Å². The molecule has 0 amide bonds. The summed E-state index contributed by atoms with van der Waals surface area (Å²) in [6.07, 6.45) is 4.62. The van der Waals surface area contributed by atoms with Crippen molar-refractivity contribution < 1.29 is 8.42 Å². The van der Waals surface area contributed by atoms with E-state index >= 15 is 0 Å². The first-order valence-corrected chi connectivity index (χ1v) is 8.64. The molecule has 0 radical (unpaired) electrons. The van der Waals surface area contributed by atoms with Crippen LogP contribution in [0, 0.1) is 17.2 Å². The highest BCUT2D eigenvalue weighted by molar-refractivity contribution is 7.88. The van der Waals surface area contributed by atoms with E-state index in [0.717, 1.165) is 12.8 Å². The second-order valence-corrected chi connectivity index (χ2v) is 7.27. The van der Waals surface area contributed by atoms with E-state index in [-0.39, 0.29) is 11.8 Å². The summed E-state index contributed by atoms with van der Waals surface area (Å²) in [5, 5.41) is 8.72. The molecule has 0 spiro atoms. The van der Waals surface area contributed by atoms with E-state index in [9.17, 15) is 8.42 Å². The summed E-state index contributed by atoms with van der Waals surface area (Å²) in [5.41, 5.74) is 1.24. The molecule has 1 N–H and O–H groups in total. The second-order valence-electron chi connectivity index (χ2n) is 5.52. The van der Waals surface area contributed by atoms with Gasteiger partial charge >= 0.3 is 0 Å². The lowest BCUT2D eigenvalue weighted by Gasteiger charge is -2.20. The van der Waals surface area contributed by atoms with Crippen LogP contribution in [-0.4, -0.2) is 14.5 Å².